The number of benzene rings is 1. The van der Waals surface area contributed by atoms with Gasteiger partial charge in [0.2, 0.25) is 0 Å². The van der Waals surface area contributed by atoms with Crippen molar-refractivity contribution >= 4 is 27.0 Å². The maximum atomic E-state index is 4.35. The molecule has 1 heterocycles. The number of halogens is 1. The molecule has 0 saturated heterocycles. The zero-order chi connectivity index (χ0) is 9.97. The van der Waals surface area contributed by atoms with Crippen molar-refractivity contribution in [3.63, 3.8) is 0 Å². The Balaban J connectivity index is 2.50. The lowest BCUT2D eigenvalue weighted by molar-refractivity contribution is 1.17. The predicted octanol–water partition coefficient (Wildman–Crippen LogP) is 2.62. The summed E-state index contributed by atoms with van der Waals surface area (Å²) >= 11 is 3.27. The minimum absolute atomic E-state index is 0.699. The van der Waals surface area contributed by atoms with Gasteiger partial charge in [0, 0.05) is 5.56 Å². The van der Waals surface area contributed by atoms with Crippen LogP contribution in [0.3, 0.4) is 0 Å². The Hall–Kier alpha value is -1.27. The van der Waals surface area contributed by atoms with Crippen molar-refractivity contribution < 1.29 is 0 Å². The molecule has 1 aromatic carbocycles. The number of hydrogen-bond acceptors (Lipinski definition) is 1. The number of aromatic amines is 1. The summed E-state index contributed by atoms with van der Waals surface area (Å²) in [5.74, 6) is 6.95. The number of fused-ring (bicyclic) bond motifs is 1. The maximum Gasteiger partial charge on any atom is 0.104 e. The van der Waals surface area contributed by atoms with Gasteiger partial charge in [-0.05, 0) is 25.1 Å². The fourth-order valence-corrected chi connectivity index (χ4v) is 1.49. The molecule has 1 N–H and O–H groups in total. The molecule has 0 aliphatic rings. The average Bonchev–Trinajstić information content (AvgIpc) is 2.54. The lowest BCUT2D eigenvalue weighted by Crippen LogP contribution is -1.75. The van der Waals surface area contributed by atoms with E-state index in [1.807, 2.05) is 25.1 Å². The van der Waals surface area contributed by atoms with E-state index in [2.05, 4.69) is 37.7 Å². The van der Waals surface area contributed by atoms with Gasteiger partial charge in [0.15, 0.2) is 0 Å². The van der Waals surface area contributed by atoms with Crippen molar-refractivity contribution in [2.45, 2.75) is 6.92 Å². The molecule has 14 heavy (non-hydrogen) atoms. The van der Waals surface area contributed by atoms with E-state index >= 15 is 0 Å². The number of nitrogens with zero attached hydrogens (tertiary/aromatic N) is 1. The van der Waals surface area contributed by atoms with Gasteiger partial charge in [-0.25, -0.2) is 4.98 Å². The lowest BCUT2D eigenvalue weighted by Gasteiger charge is -1.89. The van der Waals surface area contributed by atoms with Crippen molar-refractivity contribution in [3.8, 4) is 11.8 Å². The number of rotatable bonds is 0. The summed E-state index contributed by atoms with van der Waals surface area (Å²) in [5, 5.41) is 0.699. The Morgan fingerprint density at radius 1 is 1.50 bits per heavy atom. The molecule has 0 bridgehead atoms. The molecule has 0 atom stereocenters. The zero-order valence-corrected chi connectivity index (χ0v) is 9.35. The summed E-state index contributed by atoms with van der Waals surface area (Å²) in [7, 11) is 0. The number of H-pyrrole nitrogens is 1. The van der Waals surface area contributed by atoms with E-state index in [0.29, 0.717) is 5.33 Å². The summed E-state index contributed by atoms with van der Waals surface area (Å²) in [5.41, 5.74) is 3.04. The fraction of sp³-hybridized carbons (Fsp3) is 0.182. The van der Waals surface area contributed by atoms with Crippen LogP contribution in [0.5, 0.6) is 0 Å². The molecule has 0 saturated carbocycles. The van der Waals surface area contributed by atoms with Gasteiger partial charge in [0.05, 0.1) is 16.4 Å². The fourth-order valence-electron chi connectivity index (χ4n) is 1.35. The third-order valence-electron chi connectivity index (χ3n) is 1.90. The highest BCUT2D eigenvalue weighted by Crippen LogP contribution is 2.12. The Labute approximate surface area is 90.9 Å². The molecule has 0 radical (unpaired) electrons. The van der Waals surface area contributed by atoms with Crippen LogP contribution in [-0.2, 0) is 0 Å². The van der Waals surface area contributed by atoms with Crippen LogP contribution in [0.15, 0.2) is 18.2 Å². The van der Waals surface area contributed by atoms with Crippen molar-refractivity contribution in [1.29, 1.82) is 0 Å². The first-order valence-corrected chi connectivity index (χ1v) is 5.43. The van der Waals surface area contributed by atoms with Crippen molar-refractivity contribution in [1.82, 2.24) is 9.97 Å². The highest BCUT2D eigenvalue weighted by molar-refractivity contribution is 9.09. The van der Waals surface area contributed by atoms with Gasteiger partial charge in [0.1, 0.15) is 5.82 Å². The summed E-state index contributed by atoms with van der Waals surface area (Å²) in [6, 6.07) is 6.00. The second kappa shape index (κ2) is 3.85. The minimum atomic E-state index is 0.699. The van der Waals surface area contributed by atoms with Gasteiger partial charge in [-0.2, -0.15) is 0 Å². The van der Waals surface area contributed by atoms with E-state index in [1.165, 1.54) is 0 Å². The smallest absolute Gasteiger partial charge is 0.104 e. The monoisotopic (exact) mass is 248 g/mol. The van der Waals surface area contributed by atoms with Gasteiger partial charge in [-0.1, -0.05) is 27.8 Å². The molecule has 1 aromatic heterocycles. The third kappa shape index (κ3) is 1.80. The standard InChI is InChI=1S/C11H9BrN2/c1-8-13-10-5-4-9(3-2-6-12)7-11(10)14-8/h4-5,7H,6H2,1H3,(H,13,14). The predicted molar refractivity (Wildman–Crippen MR) is 61.5 cm³/mol. The van der Waals surface area contributed by atoms with Crippen molar-refractivity contribution in [2.75, 3.05) is 5.33 Å². The van der Waals surface area contributed by atoms with Crippen LogP contribution in [0.2, 0.25) is 0 Å². The summed E-state index contributed by atoms with van der Waals surface area (Å²) in [6.45, 7) is 1.95. The van der Waals surface area contributed by atoms with Gasteiger partial charge < -0.3 is 4.98 Å². The van der Waals surface area contributed by atoms with Crippen molar-refractivity contribution in [2.24, 2.45) is 0 Å². The summed E-state index contributed by atoms with van der Waals surface area (Å²) in [4.78, 5) is 7.52. The Morgan fingerprint density at radius 3 is 3.14 bits per heavy atom. The van der Waals surface area contributed by atoms with E-state index < -0.39 is 0 Å². The Kier molecular flexibility index (Phi) is 2.55. The van der Waals surface area contributed by atoms with Gasteiger partial charge in [-0.3, -0.25) is 0 Å². The van der Waals surface area contributed by atoms with Crippen LogP contribution in [0.4, 0.5) is 0 Å². The molecule has 70 valence electrons. The number of aryl methyl sites for hydroxylation is 1. The van der Waals surface area contributed by atoms with Gasteiger partial charge in [0.25, 0.3) is 0 Å². The SMILES string of the molecule is Cc1nc2cc(C#CCBr)ccc2[nH]1. The molecule has 0 amide bonds. The second-order valence-electron chi connectivity index (χ2n) is 2.99. The maximum absolute atomic E-state index is 4.35. The molecule has 2 rings (SSSR count). The van der Waals surface area contributed by atoms with Gasteiger partial charge >= 0.3 is 0 Å². The molecule has 2 aromatic rings. The molecule has 0 spiro atoms. The average molecular weight is 249 g/mol. The molecule has 0 aliphatic heterocycles. The Morgan fingerprint density at radius 2 is 2.36 bits per heavy atom. The highest BCUT2D eigenvalue weighted by Gasteiger charge is 1.98. The third-order valence-corrected chi connectivity index (χ3v) is 2.18. The second-order valence-corrected chi connectivity index (χ2v) is 3.55. The molecule has 2 nitrogen and oxygen atoms in total. The molecule has 0 unspecified atom stereocenters. The van der Waals surface area contributed by atoms with Crippen LogP contribution in [0, 0.1) is 18.8 Å². The topological polar surface area (TPSA) is 28.7 Å². The molecule has 3 heteroatoms. The minimum Gasteiger partial charge on any atom is -0.342 e. The molecule has 0 fully saturated rings. The quantitative estimate of drug-likeness (QED) is 0.564. The number of aromatic nitrogens is 2. The normalized spacial score (nSPS) is 9.86. The molecular weight excluding hydrogens is 240 g/mol. The first kappa shape index (κ1) is 9.29. The number of alkyl halides is 1. The first-order chi connectivity index (χ1) is 6.79. The summed E-state index contributed by atoms with van der Waals surface area (Å²) in [6.07, 6.45) is 0. The molecular formula is C11H9BrN2. The van der Waals surface area contributed by atoms with Crippen LogP contribution < -0.4 is 0 Å². The van der Waals surface area contributed by atoms with Crippen molar-refractivity contribution in [3.05, 3.63) is 29.6 Å². The number of hydrogen-bond donors (Lipinski definition) is 1. The number of nitrogens with one attached hydrogen (secondary N) is 1. The molecule has 0 aliphatic carbocycles. The van der Waals surface area contributed by atoms with Crippen LogP contribution in [-0.4, -0.2) is 15.3 Å². The highest BCUT2D eigenvalue weighted by atomic mass is 79.9. The van der Waals surface area contributed by atoms with E-state index in [1.54, 1.807) is 0 Å². The van der Waals surface area contributed by atoms with Crippen LogP contribution >= 0.6 is 15.9 Å². The Bertz CT molecular complexity index is 517. The number of imidazole rings is 1. The van der Waals surface area contributed by atoms with Crippen LogP contribution in [0.25, 0.3) is 11.0 Å². The lowest BCUT2D eigenvalue weighted by atomic mass is 10.2. The van der Waals surface area contributed by atoms with Crippen LogP contribution in [0.1, 0.15) is 11.4 Å². The van der Waals surface area contributed by atoms with E-state index in [-0.39, 0.29) is 0 Å². The van der Waals surface area contributed by atoms with Gasteiger partial charge in [-0.15, -0.1) is 0 Å². The van der Waals surface area contributed by atoms with E-state index in [0.717, 1.165) is 22.4 Å². The van der Waals surface area contributed by atoms with E-state index in [4.69, 9.17) is 0 Å². The van der Waals surface area contributed by atoms with E-state index in [9.17, 15) is 0 Å². The largest absolute Gasteiger partial charge is 0.342 e. The zero-order valence-electron chi connectivity index (χ0n) is 7.76. The first-order valence-electron chi connectivity index (χ1n) is 4.31. The summed E-state index contributed by atoms with van der Waals surface area (Å²) < 4.78 is 0.